The second kappa shape index (κ2) is 11.1. The van der Waals surface area contributed by atoms with Crippen molar-refractivity contribution >= 4 is 23.7 Å². The third-order valence-corrected chi connectivity index (χ3v) is 4.20. The summed E-state index contributed by atoms with van der Waals surface area (Å²) in [6.45, 7) is -0.220. The number of pyridine rings is 1. The van der Waals surface area contributed by atoms with E-state index < -0.39 is 5.91 Å². The molecule has 164 valence electrons. The summed E-state index contributed by atoms with van der Waals surface area (Å²) in [6, 6.07) is 17.1. The van der Waals surface area contributed by atoms with Crippen LogP contribution in [0.3, 0.4) is 0 Å². The molecule has 1 heterocycles. The summed E-state index contributed by atoms with van der Waals surface area (Å²) in [5, 5.41) is 6.66. The number of hydrogen-bond acceptors (Lipinski definition) is 7. The van der Waals surface area contributed by atoms with Gasteiger partial charge in [0, 0.05) is 6.20 Å². The largest absolute Gasteiger partial charge is 0.495 e. The van der Waals surface area contributed by atoms with Crippen molar-refractivity contribution in [3.8, 4) is 17.2 Å². The zero-order valence-corrected chi connectivity index (χ0v) is 17.6. The van der Waals surface area contributed by atoms with Crippen molar-refractivity contribution in [2.75, 3.05) is 26.1 Å². The first-order chi connectivity index (χ1) is 15.6. The molecule has 2 aromatic carbocycles. The van der Waals surface area contributed by atoms with Crippen LogP contribution in [-0.4, -0.2) is 43.8 Å². The lowest BCUT2D eigenvalue weighted by molar-refractivity contribution is -0.118. The Morgan fingerprint density at radius 2 is 1.75 bits per heavy atom. The molecule has 0 spiro atoms. The van der Waals surface area contributed by atoms with Crippen molar-refractivity contribution in [2.24, 2.45) is 5.10 Å². The fraction of sp³-hybridized carbons (Fsp3) is 0.130. The lowest BCUT2D eigenvalue weighted by atomic mass is 10.2. The second-order valence-corrected chi connectivity index (χ2v) is 6.36. The van der Waals surface area contributed by atoms with Crippen molar-refractivity contribution < 1.29 is 23.8 Å². The minimum Gasteiger partial charge on any atom is -0.495 e. The Balaban J connectivity index is 1.57. The van der Waals surface area contributed by atoms with Crippen LogP contribution in [0.5, 0.6) is 17.2 Å². The number of aromatic nitrogens is 1. The van der Waals surface area contributed by atoms with E-state index in [-0.39, 0.29) is 18.2 Å². The number of carbonyl (C=O) groups is 2. The van der Waals surface area contributed by atoms with Gasteiger partial charge in [-0.05, 0) is 48.0 Å². The molecule has 9 heteroatoms. The number of hydrogen-bond donors (Lipinski definition) is 2. The van der Waals surface area contributed by atoms with Gasteiger partial charge in [-0.15, -0.1) is 0 Å². The van der Waals surface area contributed by atoms with Crippen LogP contribution in [0.15, 0.2) is 72.0 Å². The van der Waals surface area contributed by atoms with Crippen molar-refractivity contribution in [1.82, 2.24) is 10.4 Å². The summed E-state index contributed by atoms with van der Waals surface area (Å²) < 4.78 is 16.1. The fourth-order valence-corrected chi connectivity index (χ4v) is 2.68. The molecule has 0 fully saturated rings. The molecule has 0 aliphatic carbocycles. The zero-order valence-electron chi connectivity index (χ0n) is 17.6. The minimum atomic E-state index is -0.421. The molecule has 3 rings (SSSR count). The monoisotopic (exact) mass is 434 g/mol. The van der Waals surface area contributed by atoms with Gasteiger partial charge in [-0.1, -0.05) is 18.2 Å². The molecule has 0 radical (unpaired) electrons. The lowest BCUT2D eigenvalue weighted by Gasteiger charge is -2.12. The first-order valence-corrected chi connectivity index (χ1v) is 9.59. The highest BCUT2D eigenvalue weighted by molar-refractivity contribution is 5.94. The number of rotatable bonds is 9. The zero-order chi connectivity index (χ0) is 22.8. The van der Waals surface area contributed by atoms with Gasteiger partial charge in [0.1, 0.15) is 11.4 Å². The molecule has 0 atom stereocenters. The van der Waals surface area contributed by atoms with Crippen LogP contribution in [0.25, 0.3) is 0 Å². The smallest absolute Gasteiger partial charge is 0.289 e. The second-order valence-electron chi connectivity index (χ2n) is 6.36. The van der Waals surface area contributed by atoms with Gasteiger partial charge in [0.25, 0.3) is 11.8 Å². The molecule has 0 saturated carbocycles. The normalized spacial score (nSPS) is 10.4. The van der Waals surface area contributed by atoms with Crippen LogP contribution in [0.2, 0.25) is 0 Å². The van der Waals surface area contributed by atoms with Gasteiger partial charge in [-0.2, -0.15) is 5.10 Å². The summed E-state index contributed by atoms with van der Waals surface area (Å²) in [6.07, 6.45) is 2.99. The van der Waals surface area contributed by atoms with Crippen LogP contribution < -0.4 is 25.0 Å². The topological polar surface area (TPSA) is 111 Å². The molecule has 1 aromatic heterocycles. The maximum absolute atomic E-state index is 12.2. The highest BCUT2D eigenvalue weighted by Gasteiger charge is 2.11. The summed E-state index contributed by atoms with van der Waals surface area (Å²) >= 11 is 0. The molecule has 32 heavy (non-hydrogen) atoms. The molecule has 2 amide bonds. The van der Waals surface area contributed by atoms with E-state index in [4.69, 9.17) is 14.2 Å². The van der Waals surface area contributed by atoms with E-state index in [1.165, 1.54) is 26.6 Å². The maximum atomic E-state index is 12.2. The van der Waals surface area contributed by atoms with E-state index >= 15 is 0 Å². The van der Waals surface area contributed by atoms with Crippen LogP contribution in [0.4, 0.5) is 5.69 Å². The van der Waals surface area contributed by atoms with Gasteiger partial charge in [-0.25, -0.2) is 5.43 Å². The first-order valence-electron chi connectivity index (χ1n) is 9.59. The number of nitrogens with one attached hydrogen (secondary N) is 2. The van der Waals surface area contributed by atoms with E-state index in [9.17, 15) is 9.59 Å². The Labute approximate surface area is 185 Å². The molecule has 9 nitrogen and oxygen atoms in total. The molecule has 0 unspecified atom stereocenters. The number of nitrogens with zero attached hydrogens (tertiary/aromatic N) is 2. The third-order valence-electron chi connectivity index (χ3n) is 4.20. The van der Waals surface area contributed by atoms with Gasteiger partial charge in [0.2, 0.25) is 0 Å². The molecule has 0 aliphatic heterocycles. The molecular formula is C23H22N4O5. The number of benzene rings is 2. The molecule has 0 saturated heterocycles. The van der Waals surface area contributed by atoms with Gasteiger partial charge in [-0.3, -0.25) is 14.6 Å². The van der Waals surface area contributed by atoms with Gasteiger partial charge in [0.05, 0.1) is 26.1 Å². The van der Waals surface area contributed by atoms with Gasteiger partial charge in [0.15, 0.2) is 18.1 Å². The Kier molecular flexibility index (Phi) is 7.74. The number of methoxy groups -OCH3 is 2. The fourth-order valence-electron chi connectivity index (χ4n) is 2.68. The molecule has 0 aliphatic rings. The standard InChI is InChI=1S/C23H22N4O5/c1-30-19-9-4-3-7-17(19)26-22(28)15-32-20-11-10-16(13-21(20)31-2)14-25-27-23(29)18-8-5-6-12-24-18/h3-14H,15H2,1-2H3,(H,26,28)(H,27,29)/b25-14+. The Morgan fingerprint density at radius 3 is 2.50 bits per heavy atom. The molecular weight excluding hydrogens is 412 g/mol. The average molecular weight is 434 g/mol. The predicted octanol–water partition coefficient (Wildman–Crippen LogP) is 2.88. The third kappa shape index (κ3) is 6.05. The van der Waals surface area contributed by atoms with E-state index in [1.54, 1.807) is 54.6 Å². The first kappa shape index (κ1) is 22.3. The SMILES string of the molecule is COc1ccccc1NC(=O)COc1ccc(/C=N/NC(=O)c2ccccn2)cc1OC. The van der Waals surface area contributed by atoms with E-state index in [1.807, 2.05) is 6.07 Å². The van der Waals surface area contributed by atoms with Crippen LogP contribution in [-0.2, 0) is 4.79 Å². The van der Waals surface area contributed by atoms with Crippen molar-refractivity contribution in [1.29, 1.82) is 0 Å². The van der Waals surface area contributed by atoms with Crippen LogP contribution in [0, 0.1) is 0 Å². The number of amides is 2. The highest BCUT2D eigenvalue weighted by Crippen LogP contribution is 2.28. The van der Waals surface area contributed by atoms with Crippen LogP contribution >= 0.6 is 0 Å². The molecule has 0 bridgehead atoms. The van der Waals surface area contributed by atoms with E-state index in [2.05, 4.69) is 20.8 Å². The molecule has 2 N–H and O–H groups in total. The summed E-state index contributed by atoms with van der Waals surface area (Å²) in [7, 11) is 3.02. The number of ether oxygens (including phenoxy) is 3. The van der Waals surface area contributed by atoms with Crippen molar-refractivity contribution in [2.45, 2.75) is 0 Å². The minimum absolute atomic E-state index is 0.220. The number of para-hydroxylation sites is 2. The number of anilines is 1. The molecule has 3 aromatic rings. The van der Waals surface area contributed by atoms with Crippen molar-refractivity contribution in [3.05, 3.63) is 78.1 Å². The Morgan fingerprint density at radius 1 is 0.969 bits per heavy atom. The van der Waals surface area contributed by atoms with Gasteiger partial charge < -0.3 is 19.5 Å². The number of carbonyl (C=O) groups excluding carboxylic acids is 2. The number of hydrazone groups is 1. The lowest BCUT2D eigenvalue weighted by Crippen LogP contribution is -2.20. The van der Waals surface area contributed by atoms with E-state index in [0.29, 0.717) is 28.5 Å². The maximum Gasteiger partial charge on any atom is 0.289 e. The van der Waals surface area contributed by atoms with Crippen LogP contribution in [0.1, 0.15) is 16.1 Å². The quantitative estimate of drug-likeness (QED) is 0.396. The Bertz CT molecular complexity index is 1100. The Hall–Kier alpha value is -4.40. The van der Waals surface area contributed by atoms with Gasteiger partial charge >= 0.3 is 0 Å². The van der Waals surface area contributed by atoms with Crippen molar-refractivity contribution in [3.63, 3.8) is 0 Å². The predicted molar refractivity (Wildman–Crippen MR) is 119 cm³/mol. The van der Waals surface area contributed by atoms with E-state index in [0.717, 1.165) is 0 Å². The highest BCUT2D eigenvalue weighted by atomic mass is 16.5. The summed E-state index contributed by atoms with van der Waals surface area (Å²) in [5.41, 5.74) is 3.88. The summed E-state index contributed by atoms with van der Waals surface area (Å²) in [5.74, 6) is 0.582. The average Bonchev–Trinajstić information content (AvgIpc) is 2.83. The summed E-state index contributed by atoms with van der Waals surface area (Å²) in [4.78, 5) is 28.2.